The van der Waals surface area contributed by atoms with Gasteiger partial charge in [0.05, 0.1) is 11.4 Å². The molecule has 168 valence electrons. The van der Waals surface area contributed by atoms with Crippen LogP contribution >= 0.6 is 0 Å². The zero-order valence-corrected chi connectivity index (χ0v) is 19.8. The molecular formula is C33H25NO. The van der Waals surface area contributed by atoms with E-state index in [0.29, 0.717) is 0 Å². The van der Waals surface area contributed by atoms with Crippen molar-refractivity contribution in [2.45, 2.75) is 19.3 Å². The molecular weight excluding hydrogens is 426 g/mol. The molecule has 2 heteroatoms. The Morgan fingerprint density at radius 3 is 2.20 bits per heavy atom. The minimum atomic E-state index is -0.144. The molecule has 0 bridgehead atoms. The topological polar surface area (TPSA) is 16.4 Å². The third kappa shape index (κ3) is 2.90. The van der Waals surface area contributed by atoms with E-state index in [2.05, 4.69) is 122 Å². The summed E-state index contributed by atoms with van der Waals surface area (Å²) in [5, 5.41) is 2.32. The number of rotatable bonds is 2. The Bertz CT molecular complexity index is 1730. The van der Waals surface area contributed by atoms with Crippen LogP contribution in [-0.2, 0) is 5.41 Å². The highest BCUT2D eigenvalue weighted by Gasteiger charge is 2.37. The Labute approximate surface area is 205 Å². The normalized spacial score (nSPS) is 14.2. The van der Waals surface area contributed by atoms with Gasteiger partial charge in [-0.05, 0) is 53.1 Å². The van der Waals surface area contributed by atoms with Crippen molar-refractivity contribution in [2.24, 2.45) is 0 Å². The maximum atomic E-state index is 6.37. The molecule has 0 amide bonds. The Morgan fingerprint density at radius 2 is 1.31 bits per heavy atom. The van der Waals surface area contributed by atoms with E-state index in [1.165, 1.54) is 33.8 Å². The van der Waals surface area contributed by atoms with E-state index in [-0.39, 0.29) is 5.41 Å². The van der Waals surface area contributed by atoms with Gasteiger partial charge in [0.1, 0.15) is 11.2 Å². The van der Waals surface area contributed by atoms with Crippen molar-refractivity contribution in [1.82, 2.24) is 0 Å². The van der Waals surface area contributed by atoms with Crippen LogP contribution in [0.1, 0.15) is 25.0 Å². The number of benzene rings is 5. The fourth-order valence-corrected chi connectivity index (χ4v) is 5.70. The van der Waals surface area contributed by atoms with E-state index in [1.54, 1.807) is 0 Å². The molecule has 0 unspecified atom stereocenters. The Kier molecular flexibility index (Phi) is 4.22. The lowest BCUT2D eigenvalue weighted by Gasteiger charge is -2.42. The largest absolute Gasteiger partial charge is 0.455 e. The second kappa shape index (κ2) is 7.35. The first-order chi connectivity index (χ1) is 17.1. The standard InChI is InChI=1S/C33H25NO/c1-33(2)27-16-7-8-17-29(27)34(23-11-4-3-5-12-23)30-20-19-22(21-28(30)33)24-14-10-15-26-25-13-6-9-18-31(25)35-32(24)26/h3-21H,1-2H3. The van der Waals surface area contributed by atoms with E-state index < -0.39 is 0 Å². The lowest BCUT2D eigenvalue weighted by molar-refractivity contribution is 0.632. The van der Waals surface area contributed by atoms with Crippen LogP contribution in [0.4, 0.5) is 17.1 Å². The minimum absolute atomic E-state index is 0.144. The van der Waals surface area contributed by atoms with E-state index in [9.17, 15) is 0 Å². The first-order valence-electron chi connectivity index (χ1n) is 12.1. The van der Waals surface area contributed by atoms with E-state index in [0.717, 1.165) is 27.5 Å². The van der Waals surface area contributed by atoms with Crippen LogP contribution in [0.25, 0.3) is 33.1 Å². The van der Waals surface area contributed by atoms with Gasteiger partial charge in [-0.3, -0.25) is 0 Å². The molecule has 7 rings (SSSR count). The molecule has 2 heterocycles. The molecule has 1 aliphatic rings. The summed E-state index contributed by atoms with van der Waals surface area (Å²) in [6, 6.07) is 41.0. The molecule has 0 N–H and O–H groups in total. The zero-order valence-electron chi connectivity index (χ0n) is 19.8. The molecule has 0 saturated carbocycles. The average molecular weight is 452 g/mol. The zero-order chi connectivity index (χ0) is 23.6. The first-order valence-corrected chi connectivity index (χ1v) is 12.1. The van der Waals surface area contributed by atoms with Gasteiger partial charge < -0.3 is 9.32 Å². The predicted octanol–water partition coefficient (Wildman–Crippen LogP) is 9.36. The Morgan fingerprint density at radius 1 is 0.600 bits per heavy atom. The van der Waals surface area contributed by atoms with Crippen LogP contribution in [0, 0.1) is 0 Å². The second-order valence-corrected chi connectivity index (χ2v) is 9.83. The molecule has 5 aromatic carbocycles. The summed E-state index contributed by atoms with van der Waals surface area (Å²) in [6.07, 6.45) is 0. The summed E-state index contributed by atoms with van der Waals surface area (Å²) in [5.74, 6) is 0. The first kappa shape index (κ1) is 20.1. The van der Waals surface area contributed by atoms with E-state index in [4.69, 9.17) is 4.42 Å². The SMILES string of the molecule is CC1(C)c2ccccc2N(c2ccccc2)c2ccc(-c3cccc4c3oc3ccccc34)cc21. The Hall–Kier alpha value is -4.30. The highest BCUT2D eigenvalue weighted by Crippen LogP contribution is 2.52. The van der Waals surface area contributed by atoms with E-state index >= 15 is 0 Å². The third-order valence-electron chi connectivity index (χ3n) is 7.46. The average Bonchev–Trinajstić information content (AvgIpc) is 3.28. The summed E-state index contributed by atoms with van der Waals surface area (Å²) >= 11 is 0. The van der Waals surface area contributed by atoms with Gasteiger partial charge in [0.15, 0.2) is 0 Å². The molecule has 0 spiro atoms. The highest BCUT2D eigenvalue weighted by molar-refractivity contribution is 6.09. The number of nitrogens with zero attached hydrogens (tertiary/aromatic N) is 1. The molecule has 1 aliphatic heterocycles. The van der Waals surface area contributed by atoms with Crippen LogP contribution in [0.2, 0.25) is 0 Å². The highest BCUT2D eigenvalue weighted by atomic mass is 16.3. The molecule has 0 saturated heterocycles. The van der Waals surface area contributed by atoms with Gasteiger partial charge in [-0.25, -0.2) is 0 Å². The molecule has 0 atom stereocenters. The van der Waals surface area contributed by atoms with Crippen molar-refractivity contribution >= 4 is 39.0 Å². The minimum Gasteiger partial charge on any atom is -0.455 e. The summed E-state index contributed by atoms with van der Waals surface area (Å²) in [5.41, 5.74) is 10.3. The van der Waals surface area contributed by atoms with Gasteiger partial charge in [0.25, 0.3) is 0 Å². The number of fused-ring (bicyclic) bond motifs is 5. The van der Waals surface area contributed by atoms with Crippen LogP contribution < -0.4 is 4.90 Å². The van der Waals surface area contributed by atoms with Gasteiger partial charge in [0.2, 0.25) is 0 Å². The summed E-state index contributed by atoms with van der Waals surface area (Å²) < 4.78 is 6.37. The van der Waals surface area contributed by atoms with Gasteiger partial charge >= 0.3 is 0 Å². The van der Waals surface area contributed by atoms with Crippen molar-refractivity contribution in [2.75, 3.05) is 4.90 Å². The number of anilines is 3. The number of para-hydroxylation sites is 4. The fourth-order valence-electron chi connectivity index (χ4n) is 5.70. The van der Waals surface area contributed by atoms with Gasteiger partial charge in [-0.2, -0.15) is 0 Å². The second-order valence-electron chi connectivity index (χ2n) is 9.83. The smallest absolute Gasteiger partial charge is 0.143 e. The molecule has 0 fully saturated rings. The molecule has 0 aliphatic carbocycles. The van der Waals surface area contributed by atoms with Gasteiger partial charge in [0, 0.05) is 27.4 Å². The third-order valence-corrected chi connectivity index (χ3v) is 7.46. The summed E-state index contributed by atoms with van der Waals surface area (Å²) in [7, 11) is 0. The quantitative estimate of drug-likeness (QED) is 0.261. The van der Waals surface area contributed by atoms with Crippen LogP contribution in [0.5, 0.6) is 0 Å². The van der Waals surface area contributed by atoms with Crippen molar-refractivity contribution in [3.05, 3.63) is 126 Å². The monoisotopic (exact) mass is 451 g/mol. The molecule has 6 aromatic rings. The summed E-state index contributed by atoms with van der Waals surface area (Å²) in [6.45, 7) is 4.66. The number of hydrogen-bond donors (Lipinski definition) is 0. The number of hydrogen-bond acceptors (Lipinski definition) is 2. The van der Waals surface area contributed by atoms with Crippen LogP contribution in [0.15, 0.2) is 120 Å². The molecule has 35 heavy (non-hydrogen) atoms. The lowest BCUT2D eigenvalue weighted by atomic mass is 9.73. The number of furan rings is 1. The van der Waals surface area contributed by atoms with Gasteiger partial charge in [-0.1, -0.05) is 92.7 Å². The molecule has 0 radical (unpaired) electrons. The van der Waals surface area contributed by atoms with Crippen molar-refractivity contribution < 1.29 is 4.42 Å². The fraction of sp³-hybridized carbons (Fsp3) is 0.0909. The maximum absolute atomic E-state index is 6.37. The summed E-state index contributed by atoms with van der Waals surface area (Å²) in [4.78, 5) is 2.39. The van der Waals surface area contributed by atoms with Crippen LogP contribution in [0.3, 0.4) is 0 Å². The predicted molar refractivity (Wildman–Crippen MR) is 146 cm³/mol. The van der Waals surface area contributed by atoms with Crippen molar-refractivity contribution in [3.63, 3.8) is 0 Å². The van der Waals surface area contributed by atoms with Gasteiger partial charge in [-0.15, -0.1) is 0 Å². The van der Waals surface area contributed by atoms with E-state index in [1.807, 2.05) is 12.1 Å². The van der Waals surface area contributed by atoms with Crippen LogP contribution in [-0.4, -0.2) is 0 Å². The molecule has 2 nitrogen and oxygen atoms in total. The Balaban J connectivity index is 1.48. The lowest BCUT2D eigenvalue weighted by Crippen LogP contribution is -2.30. The van der Waals surface area contributed by atoms with Crippen molar-refractivity contribution in [3.8, 4) is 11.1 Å². The molecule has 1 aromatic heterocycles. The maximum Gasteiger partial charge on any atom is 0.143 e. The van der Waals surface area contributed by atoms with Crippen molar-refractivity contribution in [1.29, 1.82) is 0 Å².